The molecule has 136 valence electrons. The van der Waals surface area contributed by atoms with Crippen LogP contribution >= 0.6 is 11.8 Å². The minimum atomic E-state index is -0.809. The summed E-state index contributed by atoms with van der Waals surface area (Å²) in [5.74, 6) is 0. The van der Waals surface area contributed by atoms with E-state index in [0.717, 1.165) is 43.1 Å². The fourth-order valence-corrected chi connectivity index (χ4v) is 5.52. The molecular formula is C21H25N3OS. The summed E-state index contributed by atoms with van der Waals surface area (Å²) in [6.07, 6.45) is 7.71. The van der Waals surface area contributed by atoms with E-state index in [0.29, 0.717) is 0 Å². The van der Waals surface area contributed by atoms with Crippen molar-refractivity contribution in [2.75, 3.05) is 6.26 Å². The van der Waals surface area contributed by atoms with Crippen molar-refractivity contribution >= 4 is 22.8 Å². The molecule has 0 aliphatic heterocycles. The second kappa shape index (κ2) is 7.05. The van der Waals surface area contributed by atoms with E-state index in [9.17, 15) is 5.11 Å². The average Bonchev–Trinajstić information content (AvgIpc) is 3.12. The highest BCUT2D eigenvalue weighted by Crippen LogP contribution is 2.50. The molecule has 0 spiro atoms. The molecule has 1 saturated carbocycles. The summed E-state index contributed by atoms with van der Waals surface area (Å²) in [5, 5.41) is 20.8. The van der Waals surface area contributed by atoms with Crippen molar-refractivity contribution in [1.82, 2.24) is 15.0 Å². The predicted molar refractivity (Wildman–Crippen MR) is 107 cm³/mol. The molecule has 0 radical (unpaired) electrons. The van der Waals surface area contributed by atoms with Crippen LogP contribution in [0.4, 0.5) is 0 Å². The van der Waals surface area contributed by atoms with Crippen LogP contribution in [0.25, 0.3) is 11.0 Å². The van der Waals surface area contributed by atoms with Gasteiger partial charge in [-0.1, -0.05) is 66.9 Å². The van der Waals surface area contributed by atoms with Crippen molar-refractivity contribution in [3.63, 3.8) is 0 Å². The average molecular weight is 368 g/mol. The van der Waals surface area contributed by atoms with Gasteiger partial charge in [0.2, 0.25) is 0 Å². The Hall–Kier alpha value is -1.85. The molecule has 1 aliphatic rings. The Labute approximate surface area is 158 Å². The molecule has 2 aromatic carbocycles. The third-order valence-electron chi connectivity index (χ3n) is 5.73. The van der Waals surface area contributed by atoms with Gasteiger partial charge in [-0.15, -0.1) is 16.9 Å². The minimum absolute atomic E-state index is 0.578. The van der Waals surface area contributed by atoms with Gasteiger partial charge in [-0.05, 0) is 36.8 Å². The molecule has 3 aromatic rings. The number of rotatable bonds is 5. The van der Waals surface area contributed by atoms with E-state index in [2.05, 4.69) is 46.9 Å². The first-order valence-corrected chi connectivity index (χ1v) is 10.5. The molecule has 1 atom stereocenters. The van der Waals surface area contributed by atoms with Crippen LogP contribution in [-0.2, 0) is 11.3 Å². The van der Waals surface area contributed by atoms with Crippen molar-refractivity contribution < 1.29 is 5.11 Å². The Kier molecular flexibility index (Phi) is 4.76. The maximum Gasteiger partial charge on any atom is 0.142 e. The summed E-state index contributed by atoms with van der Waals surface area (Å²) in [6.45, 7) is 0. The van der Waals surface area contributed by atoms with Gasteiger partial charge >= 0.3 is 0 Å². The van der Waals surface area contributed by atoms with Crippen LogP contribution in [0.2, 0.25) is 0 Å². The van der Waals surface area contributed by atoms with E-state index in [-0.39, 0.29) is 0 Å². The van der Waals surface area contributed by atoms with Gasteiger partial charge in [-0.25, -0.2) is 4.68 Å². The van der Waals surface area contributed by atoms with E-state index in [1.807, 2.05) is 28.9 Å². The lowest BCUT2D eigenvalue weighted by Gasteiger charge is -2.48. The number of aromatic nitrogens is 3. The van der Waals surface area contributed by atoms with Crippen LogP contribution in [0, 0.1) is 0 Å². The maximum atomic E-state index is 11.9. The van der Waals surface area contributed by atoms with Gasteiger partial charge in [-0.3, -0.25) is 0 Å². The Bertz CT molecular complexity index is 873. The first-order valence-electron chi connectivity index (χ1n) is 9.31. The Balaban J connectivity index is 1.90. The lowest BCUT2D eigenvalue weighted by molar-refractivity contribution is -0.0623. The van der Waals surface area contributed by atoms with E-state index in [1.54, 1.807) is 11.8 Å². The Morgan fingerprint density at radius 1 is 1.04 bits per heavy atom. The fourth-order valence-electron chi connectivity index (χ4n) is 4.32. The number of aliphatic hydroxyl groups is 1. The summed E-state index contributed by atoms with van der Waals surface area (Å²) in [4.78, 5) is -0.578. The normalized spacial score (nSPS) is 19.3. The van der Waals surface area contributed by atoms with Gasteiger partial charge in [0.25, 0.3) is 0 Å². The van der Waals surface area contributed by atoms with Crippen LogP contribution in [0.15, 0.2) is 54.6 Å². The second-order valence-electron chi connectivity index (χ2n) is 7.23. The quantitative estimate of drug-likeness (QED) is 0.727. The molecule has 26 heavy (non-hydrogen) atoms. The zero-order valence-electron chi connectivity index (χ0n) is 15.1. The van der Waals surface area contributed by atoms with Crippen LogP contribution in [0.3, 0.4) is 0 Å². The molecule has 0 amide bonds. The number of nitrogens with zero attached hydrogens (tertiary/aromatic N) is 3. The van der Waals surface area contributed by atoms with Gasteiger partial charge in [0.15, 0.2) is 0 Å². The van der Waals surface area contributed by atoms with Crippen molar-refractivity contribution in [1.29, 1.82) is 0 Å². The van der Waals surface area contributed by atoms with E-state index in [1.165, 1.54) is 12.0 Å². The number of para-hydroxylation sites is 1. The van der Waals surface area contributed by atoms with E-state index < -0.39 is 10.5 Å². The molecule has 1 fully saturated rings. The monoisotopic (exact) mass is 367 g/mol. The predicted octanol–water partition coefficient (Wildman–Crippen LogP) is 4.39. The highest BCUT2D eigenvalue weighted by molar-refractivity contribution is 7.99. The summed E-state index contributed by atoms with van der Waals surface area (Å²) in [5.41, 5.74) is 2.26. The van der Waals surface area contributed by atoms with Gasteiger partial charge in [0.1, 0.15) is 10.4 Å². The van der Waals surface area contributed by atoms with Crippen molar-refractivity contribution in [2.24, 2.45) is 0 Å². The molecule has 0 bridgehead atoms. The molecule has 1 N–H and O–H groups in total. The summed E-state index contributed by atoms with van der Waals surface area (Å²) >= 11 is 1.70. The molecule has 4 rings (SSSR count). The zero-order chi connectivity index (χ0) is 18.0. The number of benzene rings is 2. The smallest absolute Gasteiger partial charge is 0.142 e. The summed E-state index contributed by atoms with van der Waals surface area (Å²) < 4.78 is 1.99. The summed E-state index contributed by atoms with van der Waals surface area (Å²) in [7, 11) is 0. The Morgan fingerprint density at radius 3 is 2.46 bits per heavy atom. The number of hydrogen-bond acceptors (Lipinski definition) is 4. The lowest BCUT2D eigenvalue weighted by atomic mass is 9.76. The van der Waals surface area contributed by atoms with Gasteiger partial charge < -0.3 is 5.11 Å². The van der Waals surface area contributed by atoms with Gasteiger partial charge in [0.05, 0.1) is 11.1 Å². The van der Waals surface area contributed by atoms with Gasteiger partial charge in [-0.2, -0.15) is 0 Å². The first kappa shape index (κ1) is 17.6. The SMILES string of the molecule is CSC(Cc1ccccc1)(n1nnc2ccccc21)C1(O)CCCCC1. The standard InChI is InChI=1S/C21H25N3OS/c1-26-21(16-17-10-4-2-5-11-17,20(25)14-8-3-9-15-20)24-19-13-7-6-12-18(19)22-23-24/h2,4-7,10-13,25H,3,8-9,14-16H2,1H3. The second-order valence-corrected chi connectivity index (χ2v) is 8.32. The largest absolute Gasteiger partial charge is 0.386 e. The van der Waals surface area contributed by atoms with Crippen molar-refractivity contribution in [3.05, 3.63) is 60.2 Å². The zero-order valence-corrected chi connectivity index (χ0v) is 16.0. The Morgan fingerprint density at radius 2 is 1.73 bits per heavy atom. The molecule has 5 heteroatoms. The van der Waals surface area contributed by atoms with E-state index >= 15 is 0 Å². The lowest BCUT2D eigenvalue weighted by Crippen LogP contribution is -2.56. The van der Waals surface area contributed by atoms with Crippen LogP contribution in [-0.4, -0.2) is 32.0 Å². The highest BCUT2D eigenvalue weighted by Gasteiger charge is 2.53. The topological polar surface area (TPSA) is 50.9 Å². The fraction of sp³-hybridized carbons (Fsp3) is 0.429. The van der Waals surface area contributed by atoms with Crippen molar-refractivity contribution in [3.8, 4) is 0 Å². The first-order chi connectivity index (χ1) is 12.7. The highest BCUT2D eigenvalue weighted by atomic mass is 32.2. The number of thioether (sulfide) groups is 1. The van der Waals surface area contributed by atoms with Crippen LogP contribution < -0.4 is 0 Å². The molecule has 1 aliphatic carbocycles. The molecule has 1 unspecified atom stereocenters. The summed E-state index contributed by atoms with van der Waals surface area (Å²) in [6, 6.07) is 18.5. The number of hydrogen-bond donors (Lipinski definition) is 1. The third kappa shape index (κ3) is 2.83. The van der Waals surface area contributed by atoms with Crippen LogP contribution in [0.1, 0.15) is 37.7 Å². The van der Waals surface area contributed by atoms with Crippen molar-refractivity contribution in [2.45, 2.75) is 49.0 Å². The molecule has 4 nitrogen and oxygen atoms in total. The van der Waals surface area contributed by atoms with E-state index in [4.69, 9.17) is 0 Å². The molecule has 1 aromatic heterocycles. The van der Waals surface area contributed by atoms with Gasteiger partial charge in [0, 0.05) is 6.42 Å². The minimum Gasteiger partial charge on any atom is -0.386 e. The molecule has 1 heterocycles. The van der Waals surface area contributed by atoms with Crippen LogP contribution in [0.5, 0.6) is 0 Å². The molecule has 0 saturated heterocycles. The number of fused-ring (bicyclic) bond motifs is 1. The third-order valence-corrected chi connectivity index (χ3v) is 7.10. The molecular weight excluding hydrogens is 342 g/mol. The maximum absolute atomic E-state index is 11.9.